The first-order valence-electron chi connectivity index (χ1n) is 6.11. The van der Waals surface area contributed by atoms with Gasteiger partial charge in [-0.05, 0) is 19.3 Å². The van der Waals surface area contributed by atoms with Crippen molar-refractivity contribution >= 4 is 0 Å². The first-order valence-corrected chi connectivity index (χ1v) is 6.11. The van der Waals surface area contributed by atoms with E-state index in [-0.39, 0.29) is 23.4 Å². The van der Waals surface area contributed by atoms with E-state index in [1.165, 1.54) is 17.7 Å². The number of hydrogen-bond donors (Lipinski definition) is 2. The summed E-state index contributed by atoms with van der Waals surface area (Å²) in [6.07, 6.45) is 2.97. The molecule has 0 spiro atoms. The number of aliphatic hydroxyl groups is 1. The molecule has 0 amide bonds. The molecule has 2 N–H and O–H groups in total. The smallest absolute Gasteiger partial charge is 0.330 e. The third-order valence-electron chi connectivity index (χ3n) is 3.88. The molecule has 100 valence electrons. The van der Waals surface area contributed by atoms with Crippen LogP contribution < -0.4 is 16.6 Å². The summed E-state index contributed by atoms with van der Waals surface area (Å²) in [4.78, 5) is 23.3. The van der Waals surface area contributed by atoms with Gasteiger partial charge in [-0.15, -0.1) is 0 Å². The zero-order chi connectivity index (χ0) is 13.3. The highest BCUT2D eigenvalue weighted by Gasteiger charge is 2.35. The molecule has 0 bridgehead atoms. The summed E-state index contributed by atoms with van der Waals surface area (Å²) >= 11 is 0. The largest absolute Gasteiger partial charge is 0.394 e. The van der Waals surface area contributed by atoms with Crippen LogP contribution in [0.4, 0.5) is 0 Å². The van der Waals surface area contributed by atoms with Gasteiger partial charge in [0, 0.05) is 37.9 Å². The number of aromatic nitrogens is 2. The van der Waals surface area contributed by atoms with E-state index < -0.39 is 0 Å². The Morgan fingerprint density at radius 3 is 2.50 bits per heavy atom. The Labute approximate surface area is 105 Å². The zero-order valence-electron chi connectivity index (χ0n) is 10.8. The van der Waals surface area contributed by atoms with Crippen molar-refractivity contribution in [1.82, 2.24) is 14.5 Å². The summed E-state index contributed by atoms with van der Waals surface area (Å²) in [6.45, 7) is 0.508. The van der Waals surface area contributed by atoms with Gasteiger partial charge >= 0.3 is 5.69 Å². The molecule has 1 aliphatic carbocycles. The average molecular weight is 253 g/mol. The fourth-order valence-corrected chi connectivity index (χ4v) is 2.22. The van der Waals surface area contributed by atoms with Gasteiger partial charge in [-0.25, -0.2) is 4.79 Å². The molecule has 1 saturated carbocycles. The standard InChI is InChI=1S/C12H19N3O3/c1-14-9(6-10(17)15(2)11(14)18)7-13-12(8-16)4-3-5-12/h6,13,16H,3-5,7-8H2,1-2H3. The molecule has 0 saturated heterocycles. The number of nitrogens with one attached hydrogen (secondary N) is 1. The second-order valence-corrected chi connectivity index (χ2v) is 5.02. The van der Waals surface area contributed by atoms with E-state index in [0.29, 0.717) is 12.2 Å². The van der Waals surface area contributed by atoms with E-state index in [0.717, 1.165) is 23.8 Å². The molecule has 1 aromatic heterocycles. The fraction of sp³-hybridized carbons (Fsp3) is 0.667. The highest BCUT2D eigenvalue weighted by Crippen LogP contribution is 2.31. The van der Waals surface area contributed by atoms with E-state index in [4.69, 9.17) is 0 Å². The lowest BCUT2D eigenvalue weighted by Gasteiger charge is -2.41. The number of rotatable bonds is 4. The minimum atomic E-state index is -0.328. The molecular formula is C12H19N3O3. The lowest BCUT2D eigenvalue weighted by Crippen LogP contribution is -2.54. The molecule has 0 unspecified atom stereocenters. The number of hydrogen-bond acceptors (Lipinski definition) is 4. The van der Waals surface area contributed by atoms with Crippen molar-refractivity contribution in [1.29, 1.82) is 0 Å². The maximum atomic E-state index is 11.7. The van der Waals surface area contributed by atoms with Gasteiger partial charge in [-0.3, -0.25) is 13.9 Å². The van der Waals surface area contributed by atoms with Crippen LogP contribution in [0.2, 0.25) is 0 Å². The van der Waals surface area contributed by atoms with Gasteiger partial charge in [0.1, 0.15) is 0 Å². The van der Waals surface area contributed by atoms with Crippen LogP contribution in [0.3, 0.4) is 0 Å². The van der Waals surface area contributed by atoms with Crippen molar-refractivity contribution in [2.75, 3.05) is 6.61 Å². The Kier molecular flexibility index (Phi) is 3.41. The second-order valence-electron chi connectivity index (χ2n) is 5.02. The van der Waals surface area contributed by atoms with Crippen molar-refractivity contribution in [2.45, 2.75) is 31.3 Å². The molecule has 18 heavy (non-hydrogen) atoms. The Bertz CT molecular complexity index is 549. The summed E-state index contributed by atoms with van der Waals surface area (Å²) in [6, 6.07) is 1.46. The molecule has 6 heteroatoms. The molecular weight excluding hydrogens is 234 g/mol. The second kappa shape index (κ2) is 4.70. The molecule has 0 aliphatic heterocycles. The molecule has 6 nitrogen and oxygen atoms in total. The Morgan fingerprint density at radius 2 is 2.00 bits per heavy atom. The normalized spacial score (nSPS) is 17.5. The van der Waals surface area contributed by atoms with Crippen LogP contribution in [0.15, 0.2) is 15.7 Å². The molecule has 1 heterocycles. The van der Waals surface area contributed by atoms with E-state index in [1.807, 2.05) is 0 Å². The van der Waals surface area contributed by atoms with E-state index in [2.05, 4.69) is 5.32 Å². The number of nitrogens with zero attached hydrogens (tertiary/aromatic N) is 2. The van der Waals surface area contributed by atoms with Gasteiger partial charge in [0.15, 0.2) is 0 Å². The van der Waals surface area contributed by atoms with Crippen LogP contribution in [-0.2, 0) is 20.6 Å². The minimum absolute atomic E-state index is 0.0891. The monoisotopic (exact) mass is 253 g/mol. The minimum Gasteiger partial charge on any atom is -0.394 e. The van der Waals surface area contributed by atoms with Gasteiger partial charge in [-0.2, -0.15) is 0 Å². The molecule has 1 fully saturated rings. The van der Waals surface area contributed by atoms with Crippen molar-refractivity contribution in [3.8, 4) is 0 Å². The van der Waals surface area contributed by atoms with Crippen LogP contribution in [0.1, 0.15) is 25.0 Å². The van der Waals surface area contributed by atoms with Crippen molar-refractivity contribution in [2.24, 2.45) is 14.1 Å². The summed E-state index contributed by atoms with van der Waals surface area (Å²) in [5.41, 5.74) is -0.216. The van der Waals surface area contributed by atoms with E-state index >= 15 is 0 Å². The van der Waals surface area contributed by atoms with E-state index in [1.54, 1.807) is 7.05 Å². The van der Waals surface area contributed by atoms with Crippen LogP contribution in [0, 0.1) is 0 Å². The topological polar surface area (TPSA) is 76.3 Å². The first kappa shape index (κ1) is 13.0. The molecule has 0 atom stereocenters. The van der Waals surface area contributed by atoms with Crippen molar-refractivity contribution in [3.05, 3.63) is 32.6 Å². The molecule has 0 radical (unpaired) electrons. The fourth-order valence-electron chi connectivity index (χ4n) is 2.22. The highest BCUT2D eigenvalue weighted by molar-refractivity contribution is 5.04. The van der Waals surface area contributed by atoms with Gasteiger partial charge in [0.05, 0.1) is 6.61 Å². The molecule has 1 aliphatic rings. The highest BCUT2D eigenvalue weighted by atomic mass is 16.3. The van der Waals surface area contributed by atoms with Gasteiger partial charge in [0.25, 0.3) is 5.56 Å². The third-order valence-corrected chi connectivity index (χ3v) is 3.88. The van der Waals surface area contributed by atoms with E-state index in [9.17, 15) is 14.7 Å². The predicted molar refractivity (Wildman–Crippen MR) is 67.4 cm³/mol. The Balaban J connectivity index is 2.20. The quantitative estimate of drug-likeness (QED) is 0.728. The maximum Gasteiger partial charge on any atom is 0.330 e. The lowest BCUT2D eigenvalue weighted by molar-refractivity contribution is 0.0865. The Hall–Kier alpha value is -1.40. The van der Waals surface area contributed by atoms with Crippen LogP contribution >= 0.6 is 0 Å². The van der Waals surface area contributed by atoms with Crippen LogP contribution in [0.25, 0.3) is 0 Å². The molecule has 2 rings (SSSR count). The van der Waals surface area contributed by atoms with Crippen molar-refractivity contribution in [3.63, 3.8) is 0 Å². The van der Waals surface area contributed by atoms with Crippen molar-refractivity contribution < 1.29 is 5.11 Å². The van der Waals surface area contributed by atoms with Gasteiger partial charge < -0.3 is 10.4 Å². The van der Waals surface area contributed by atoms with Crippen LogP contribution in [-0.4, -0.2) is 26.4 Å². The predicted octanol–water partition coefficient (Wildman–Crippen LogP) is -0.911. The SMILES string of the molecule is Cn1c(CNC2(CO)CCC2)cc(=O)n(C)c1=O. The Morgan fingerprint density at radius 1 is 1.33 bits per heavy atom. The zero-order valence-corrected chi connectivity index (χ0v) is 10.8. The van der Waals surface area contributed by atoms with Gasteiger partial charge in [-0.1, -0.05) is 0 Å². The van der Waals surface area contributed by atoms with Crippen LogP contribution in [0.5, 0.6) is 0 Å². The maximum absolute atomic E-state index is 11.7. The third kappa shape index (κ3) is 2.13. The summed E-state index contributed by atoms with van der Waals surface area (Å²) in [5.74, 6) is 0. The summed E-state index contributed by atoms with van der Waals surface area (Å²) in [5, 5.41) is 12.6. The average Bonchev–Trinajstić information content (AvgIpc) is 2.32. The summed E-state index contributed by atoms with van der Waals surface area (Å²) in [7, 11) is 3.11. The van der Waals surface area contributed by atoms with Gasteiger partial charge in [0.2, 0.25) is 0 Å². The number of aliphatic hydroxyl groups excluding tert-OH is 1. The molecule has 0 aromatic carbocycles. The first-order chi connectivity index (χ1) is 8.49. The molecule has 1 aromatic rings. The lowest BCUT2D eigenvalue weighted by atomic mass is 9.77. The summed E-state index contributed by atoms with van der Waals surface area (Å²) < 4.78 is 2.53.